The van der Waals surface area contributed by atoms with Crippen molar-refractivity contribution in [1.29, 1.82) is 5.26 Å². The van der Waals surface area contributed by atoms with Gasteiger partial charge in [0.2, 0.25) is 0 Å². The number of benzene rings is 2. The topological polar surface area (TPSA) is 78.8 Å². The van der Waals surface area contributed by atoms with Crippen molar-refractivity contribution < 1.29 is 9.13 Å². The number of rotatable bonds is 5. The molecule has 1 heterocycles. The second-order valence-corrected chi connectivity index (χ2v) is 6.28. The van der Waals surface area contributed by atoms with E-state index in [0.717, 1.165) is 5.56 Å². The van der Waals surface area contributed by atoms with E-state index < -0.39 is 5.82 Å². The van der Waals surface area contributed by atoms with Crippen molar-refractivity contribution in [3.8, 4) is 17.6 Å². The number of H-pyrrole nitrogens is 1. The Bertz CT molecular complexity index is 1070. The molecule has 0 aliphatic carbocycles. The highest BCUT2D eigenvalue weighted by atomic mass is 35.5. The number of aryl methyl sites for hydroxylation is 1. The monoisotopic (exact) mass is 383 g/mol. The summed E-state index contributed by atoms with van der Waals surface area (Å²) >= 11 is 6.13. The third-order valence-corrected chi connectivity index (χ3v) is 4.26. The van der Waals surface area contributed by atoms with Crippen molar-refractivity contribution in [2.45, 2.75) is 19.8 Å². The van der Waals surface area contributed by atoms with Gasteiger partial charge in [0, 0.05) is 12.5 Å². The first kappa shape index (κ1) is 18.6. The first-order valence-corrected chi connectivity index (χ1v) is 8.61. The smallest absolute Gasteiger partial charge is 0.264 e. The van der Waals surface area contributed by atoms with Crippen LogP contribution in [-0.2, 0) is 12.8 Å². The molecule has 0 amide bonds. The number of ether oxygens (including phenoxy) is 1. The lowest BCUT2D eigenvalue weighted by Gasteiger charge is -2.13. The van der Waals surface area contributed by atoms with Crippen LogP contribution < -0.4 is 10.3 Å². The number of aromatic amines is 1. The minimum Gasteiger partial charge on any atom is -0.453 e. The fourth-order valence-electron chi connectivity index (χ4n) is 2.58. The Morgan fingerprint density at radius 3 is 2.74 bits per heavy atom. The van der Waals surface area contributed by atoms with Crippen LogP contribution >= 0.6 is 11.6 Å². The Kier molecular flexibility index (Phi) is 5.53. The van der Waals surface area contributed by atoms with Gasteiger partial charge >= 0.3 is 0 Å². The van der Waals surface area contributed by atoms with Gasteiger partial charge in [0.25, 0.3) is 5.56 Å². The number of hydrogen-bond acceptors (Lipinski definition) is 4. The number of aromatic nitrogens is 2. The molecule has 0 aliphatic rings. The van der Waals surface area contributed by atoms with Gasteiger partial charge in [-0.15, -0.1) is 0 Å². The Balaban J connectivity index is 1.95. The van der Waals surface area contributed by atoms with Crippen LogP contribution in [0.4, 0.5) is 4.39 Å². The van der Waals surface area contributed by atoms with Crippen molar-refractivity contribution in [3.05, 3.63) is 86.0 Å². The highest BCUT2D eigenvalue weighted by Gasteiger charge is 2.16. The Hall–Kier alpha value is -3.17. The number of nitrogens with one attached hydrogen (secondary N) is 1. The molecule has 3 aromatic rings. The largest absolute Gasteiger partial charge is 0.453 e. The lowest BCUT2D eigenvalue weighted by Crippen LogP contribution is -2.08. The van der Waals surface area contributed by atoms with Gasteiger partial charge in [-0.05, 0) is 47.9 Å². The highest BCUT2D eigenvalue weighted by Crippen LogP contribution is 2.35. The van der Waals surface area contributed by atoms with E-state index in [9.17, 15) is 9.18 Å². The van der Waals surface area contributed by atoms with Crippen LogP contribution in [0.25, 0.3) is 0 Å². The predicted octanol–water partition coefficient (Wildman–Crippen LogP) is 4.38. The molecule has 0 saturated heterocycles. The van der Waals surface area contributed by atoms with Crippen molar-refractivity contribution in [1.82, 2.24) is 10.2 Å². The summed E-state index contributed by atoms with van der Waals surface area (Å²) in [5.74, 6) is -0.391. The maximum Gasteiger partial charge on any atom is 0.264 e. The van der Waals surface area contributed by atoms with Crippen LogP contribution in [0.15, 0.2) is 47.3 Å². The molecule has 7 heteroatoms. The van der Waals surface area contributed by atoms with Crippen LogP contribution in [0.2, 0.25) is 5.02 Å². The zero-order chi connectivity index (χ0) is 19.4. The van der Waals surface area contributed by atoms with E-state index in [2.05, 4.69) is 16.3 Å². The summed E-state index contributed by atoms with van der Waals surface area (Å²) in [5.41, 5.74) is 1.81. The van der Waals surface area contributed by atoms with E-state index in [1.165, 1.54) is 24.3 Å². The van der Waals surface area contributed by atoms with E-state index in [1.54, 1.807) is 18.2 Å². The molecule has 0 spiro atoms. The van der Waals surface area contributed by atoms with Gasteiger partial charge in [0.05, 0.1) is 22.3 Å². The first-order valence-electron chi connectivity index (χ1n) is 8.23. The summed E-state index contributed by atoms with van der Waals surface area (Å²) in [6.07, 6.45) is 0.870. The number of nitriles is 1. The lowest BCUT2D eigenvalue weighted by atomic mass is 10.1. The van der Waals surface area contributed by atoms with Crippen LogP contribution in [-0.4, -0.2) is 10.2 Å². The van der Waals surface area contributed by atoms with Gasteiger partial charge in [0.1, 0.15) is 5.75 Å². The van der Waals surface area contributed by atoms with Crippen molar-refractivity contribution in [3.63, 3.8) is 0 Å². The Morgan fingerprint density at radius 2 is 2.07 bits per heavy atom. The molecular weight excluding hydrogens is 369 g/mol. The van der Waals surface area contributed by atoms with E-state index in [1.807, 2.05) is 6.92 Å². The molecule has 0 atom stereocenters. The summed E-state index contributed by atoms with van der Waals surface area (Å²) in [6.45, 7) is 1.95. The molecule has 0 fully saturated rings. The molecule has 0 unspecified atom stereocenters. The average Bonchev–Trinajstić information content (AvgIpc) is 2.68. The maximum atomic E-state index is 15.0. The Labute approximate surface area is 160 Å². The molecule has 27 heavy (non-hydrogen) atoms. The summed E-state index contributed by atoms with van der Waals surface area (Å²) < 4.78 is 20.7. The summed E-state index contributed by atoms with van der Waals surface area (Å²) in [6, 6.07) is 13.0. The second kappa shape index (κ2) is 8.02. The van der Waals surface area contributed by atoms with Gasteiger partial charge in [-0.25, -0.2) is 9.49 Å². The second-order valence-electron chi connectivity index (χ2n) is 5.87. The predicted molar refractivity (Wildman–Crippen MR) is 99.7 cm³/mol. The van der Waals surface area contributed by atoms with Crippen LogP contribution in [0.3, 0.4) is 0 Å². The minimum atomic E-state index is -0.615. The third-order valence-electron chi connectivity index (χ3n) is 3.96. The fraction of sp³-hybridized carbons (Fsp3) is 0.150. The van der Waals surface area contributed by atoms with E-state index in [-0.39, 0.29) is 22.8 Å². The maximum absolute atomic E-state index is 15.0. The van der Waals surface area contributed by atoms with E-state index in [0.29, 0.717) is 29.0 Å². The molecular formula is C20H15ClFN3O2. The van der Waals surface area contributed by atoms with Gasteiger partial charge in [-0.2, -0.15) is 10.4 Å². The Morgan fingerprint density at radius 1 is 1.26 bits per heavy atom. The number of halogens is 2. The third kappa shape index (κ3) is 4.33. The van der Waals surface area contributed by atoms with Crippen molar-refractivity contribution >= 4 is 11.6 Å². The average molecular weight is 384 g/mol. The minimum absolute atomic E-state index is 0.115. The molecule has 2 aromatic carbocycles. The van der Waals surface area contributed by atoms with Gasteiger partial charge in [-0.1, -0.05) is 24.6 Å². The fourth-order valence-corrected chi connectivity index (χ4v) is 2.76. The lowest BCUT2D eigenvalue weighted by molar-refractivity contribution is 0.438. The molecule has 0 radical (unpaired) electrons. The summed E-state index contributed by atoms with van der Waals surface area (Å²) in [4.78, 5) is 11.1. The summed E-state index contributed by atoms with van der Waals surface area (Å²) in [7, 11) is 0. The number of hydrogen-bond donors (Lipinski definition) is 1. The SMILES string of the molecule is CCc1cc(C#N)cc(Oc2c(Cl)ccc(Cc3ccc(=O)[nH]n3)c2F)c1. The first-order chi connectivity index (χ1) is 13.0. The molecule has 0 aliphatic heterocycles. The van der Waals surface area contributed by atoms with Gasteiger partial charge < -0.3 is 4.74 Å². The zero-order valence-electron chi connectivity index (χ0n) is 14.4. The molecule has 3 rings (SSSR count). The molecule has 0 saturated carbocycles. The van der Waals surface area contributed by atoms with Crippen LogP contribution in [0, 0.1) is 17.1 Å². The van der Waals surface area contributed by atoms with Crippen LogP contribution in [0.5, 0.6) is 11.5 Å². The normalized spacial score (nSPS) is 10.4. The molecule has 0 bridgehead atoms. The van der Waals surface area contributed by atoms with E-state index >= 15 is 0 Å². The van der Waals surface area contributed by atoms with E-state index in [4.69, 9.17) is 21.6 Å². The van der Waals surface area contributed by atoms with Gasteiger partial charge in [-0.3, -0.25) is 4.79 Å². The molecule has 1 aromatic heterocycles. The number of nitrogens with zero attached hydrogens (tertiary/aromatic N) is 2. The van der Waals surface area contributed by atoms with Crippen LogP contribution in [0.1, 0.15) is 29.3 Å². The summed E-state index contributed by atoms with van der Waals surface area (Å²) in [5, 5.41) is 15.5. The van der Waals surface area contributed by atoms with Crippen molar-refractivity contribution in [2.75, 3.05) is 0 Å². The highest BCUT2D eigenvalue weighted by molar-refractivity contribution is 6.32. The molecule has 5 nitrogen and oxygen atoms in total. The quantitative estimate of drug-likeness (QED) is 0.709. The standard InChI is InChI=1S/C20H15ClFN3O2/c1-2-12-7-13(11-23)9-16(8-12)27-20-17(21)5-3-14(19(20)22)10-15-4-6-18(26)25-24-15/h3-9H,2,10H2,1H3,(H,25,26). The van der Waals surface area contributed by atoms with Gasteiger partial charge in [0.15, 0.2) is 11.6 Å². The zero-order valence-corrected chi connectivity index (χ0v) is 15.2. The molecule has 136 valence electrons. The molecule has 1 N–H and O–H groups in total. The van der Waals surface area contributed by atoms with Crippen molar-refractivity contribution in [2.24, 2.45) is 0 Å².